The van der Waals surface area contributed by atoms with Crippen LogP contribution in [0.2, 0.25) is 0 Å². The van der Waals surface area contributed by atoms with Gasteiger partial charge in [0.25, 0.3) is 5.91 Å². The van der Waals surface area contributed by atoms with Crippen LogP contribution in [0.5, 0.6) is 0 Å². The molecule has 7 nitrogen and oxygen atoms in total. The highest BCUT2D eigenvalue weighted by molar-refractivity contribution is 6.12. The Hall–Kier alpha value is -5.05. The van der Waals surface area contributed by atoms with Crippen LogP contribution in [0.4, 0.5) is 10.1 Å². The number of rotatable bonds is 12. The summed E-state index contributed by atoms with van der Waals surface area (Å²) in [5, 5.41) is 3.13. The van der Waals surface area contributed by atoms with E-state index in [1.165, 1.54) is 12.1 Å². The second-order valence-electron chi connectivity index (χ2n) is 13.5. The van der Waals surface area contributed by atoms with Gasteiger partial charge in [-0.25, -0.2) is 4.39 Å². The number of anilines is 1. The summed E-state index contributed by atoms with van der Waals surface area (Å²) in [6, 6.07) is 35.4. The van der Waals surface area contributed by atoms with Gasteiger partial charge in [0.1, 0.15) is 5.82 Å². The molecule has 1 unspecified atom stereocenters. The van der Waals surface area contributed by atoms with Gasteiger partial charge < -0.3 is 24.1 Å². The number of ether oxygens (including phenoxy) is 3. The first-order valence-corrected chi connectivity index (χ1v) is 17.7. The molecule has 264 valence electrons. The highest BCUT2D eigenvalue weighted by atomic mass is 19.1. The van der Waals surface area contributed by atoms with Crippen LogP contribution in [0.15, 0.2) is 115 Å². The summed E-state index contributed by atoms with van der Waals surface area (Å²) in [5.74, 6) is -0.922. The Labute approximate surface area is 299 Å². The number of amides is 1. The van der Waals surface area contributed by atoms with Crippen molar-refractivity contribution in [2.75, 3.05) is 5.32 Å². The molecule has 5 aromatic rings. The topological polar surface area (TPSA) is 78.8 Å². The first kappa shape index (κ1) is 35.8. The quantitative estimate of drug-likeness (QED) is 0.132. The zero-order valence-corrected chi connectivity index (χ0v) is 29.6. The summed E-state index contributed by atoms with van der Waals surface area (Å²) in [7, 11) is 0. The van der Waals surface area contributed by atoms with E-state index in [0.29, 0.717) is 30.6 Å². The number of halogens is 1. The number of nitrogens with one attached hydrogen (secondary N) is 1. The zero-order valence-electron chi connectivity index (χ0n) is 29.6. The van der Waals surface area contributed by atoms with E-state index in [2.05, 4.69) is 23.7 Å². The van der Waals surface area contributed by atoms with Gasteiger partial charge in [0.05, 0.1) is 36.0 Å². The predicted molar refractivity (Wildman–Crippen MR) is 198 cm³/mol. The van der Waals surface area contributed by atoms with Crippen LogP contribution < -0.4 is 5.32 Å². The molecule has 1 saturated heterocycles. The fraction of sp³-hybridized carbons (Fsp3) is 0.302. The third kappa shape index (κ3) is 8.64. The highest BCUT2D eigenvalue weighted by Crippen LogP contribution is 2.43. The van der Waals surface area contributed by atoms with Gasteiger partial charge in [-0.1, -0.05) is 92.7 Å². The van der Waals surface area contributed by atoms with E-state index in [9.17, 15) is 14.0 Å². The standard InChI is InChI=1S/C43H45FN2O5/c1-28(2)40-39(42(48)45-34-18-12-7-13-19-34)38(30-14-8-5-9-15-30)41(31-20-22-33(44)23-21-31)46(40)25-24-35-26-36(27-37(47)49-29(3)4)51-43(50-35)32-16-10-6-11-17-32/h5-23,28-29,35-36,43H,24-27H2,1-4H3,(H,45,48)/t35-,36-,43?/m1/s1. The Morgan fingerprint density at radius 3 is 2.04 bits per heavy atom. The first-order valence-electron chi connectivity index (χ1n) is 17.7. The number of hydrogen-bond acceptors (Lipinski definition) is 5. The van der Waals surface area contributed by atoms with E-state index in [1.807, 2.05) is 105 Å². The zero-order chi connectivity index (χ0) is 35.9. The number of hydrogen-bond donors (Lipinski definition) is 1. The van der Waals surface area contributed by atoms with E-state index >= 15 is 0 Å². The van der Waals surface area contributed by atoms with Crippen molar-refractivity contribution in [1.29, 1.82) is 0 Å². The SMILES string of the molecule is CC(C)OC(=O)C[C@H]1C[C@@H](CCn2c(-c3ccc(F)cc3)c(-c3ccccc3)c(C(=O)Nc3ccccc3)c2C(C)C)OC(c2ccccc2)O1. The molecule has 1 N–H and O–H groups in total. The van der Waals surface area contributed by atoms with Gasteiger partial charge in [-0.05, 0) is 73.7 Å². The van der Waals surface area contributed by atoms with Crippen molar-refractivity contribution in [2.24, 2.45) is 0 Å². The summed E-state index contributed by atoms with van der Waals surface area (Å²) in [4.78, 5) is 27.2. The van der Waals surface area contributed by atoms with E-state index in [-0.39, 0.29) is 42.2 Å². The average Bonchev–Trinajstić information content (AvgIpc) is 3.47. The molecular weight excluding hydrogens is 643 g/mol. The largest absolute Gasteiger partial charge is 0.463 e. The fourth-order valence-corrected chi connectivity index (χ4v) is 6.85. The van der Waals surface area contributed by atoms with Gasteiger partial charge in [-0.2, -0.15) is 0 Å². The minimum absolute atomic E-state index is 0.0515. The van der Waals surface area contributed by atoms with Crippen LogP contribution in [0, 0.1) is 5.82 Å². The van der Waals surface area contributed by atoms with Gasteiger partial charge in [0.15, 0.2) is 6.29 Å². The smallest absolute Gasteiger partial charge is 0.308 e. The van der Waals surface area contributed by atoms with E-state index < -0.39 is 12.4 Å². The third-order valence-corrected chi connectivity index (χ3v) is 8.96. The van der Waals surface area contributed by atoms with Crippen molar-refractivity contribution in [3.05, 3.63) is 138 Å². The lowest BCUT2D eigenvalue weighted by molar-refractivity contribution is -0.250. The molecule has 1 fully saturated rings. The first-order chi connectivity index (χ1) is 24.7. The van der Waals surface area contributed by atoms with Gasteiger partial charge in [-0.15, -0.1) is 0 Å². The van der Waals surface area contributed by atoms with Gasteiger partial charge in [0, 0.05) is 35.5 Å². The van der Waals surface area contributed by atoms with E-state index in [0.717, 1.165) is 33.6 Å². The number of esters is 1. The number of benzene rings is 4. The molecule has 0 radical (unpaired) electrons. The lowest BCUT2D eigenvalue weighted by Gasteiger charge is -2.36. The van der Waals surface area contributed by atoms with Gasteiger partial charge in [0.2, 0.25) is 0 Å². The Morgan fingerprint density at radius 1 is 0.804 bits per heavy atom. The number of carbonyl (C=O) groups excluding carboxylic acids is 2. The van der Waals surface area contributed by atoms with Crippen molar-refractivity contribution in [2.45, 2.75) is 84.0 Å². The lowest BCUT2D eigenvalue weighted by Crippen LogP contribution is -2.36. The van der Waals surface area contributed by atoms with Crippen LogP contribution in [-0.2, 0) is 25.5 Å². The maximum Gasteiger partial charge on any atom is 0.308 e. The molecule has 0 spiro atoms. The summed E-state index contributed by atoms with van der Waals surface area (Å²) >= 11 is 0. The van der Waals surface area contributed by atoms with Crippen LogP contribution in [-0.4, -0.2) is 34.8 Å². The molecule has 51 heavy (non-hydrogen) atoms. The van der Waals surface area contributed by atoms with Crippen molar-refractivity contribution in [3.8, 4) is 22.4 Å². The Balaban J connectivity index is 1.43. The maximum absolute atomic E-state index is 14.4. The van der Waals surface area contributed by atoms with Crippen molar-refractivity contribution in [1.82, 2.24) is 4.57 Å². The Kier molecular flexibility index (Phi) is 11.4. The minimum Gasteiger partial charge on any atom is -0.463 e. The Bertz CT molecular complexity index is 1910. The number of para-hydroxylation sites is 1. The number of nitrogens with zero attached hydrogens (tertiary/aromatic N) is 1. The predicted octanol–water partition coefficient (Wildman–Crippen LogP) is 9.94. The second kappa shape index (κ2) is 16.3. The van der Waals surface area contributed by atoms with E-state index in [1.54, 1.807) is 12.1 Å². The number of aromatic nitrogens is 1. The normalized spacial score (nSPS) is 17.4. The fourth-order valence-electron chi connectivity index (χ4n) is 6.85. The molecule has 1 amide bonds. The molecule has 3 atom stereocenters. The Morgan fingerprint density at radius 2 is 1.41 bits per heavy atom. The second-order valence-corrected chi connectivity index (χ2v) is 13.5. The van der Waals surface area contributed by atoms with Crippen molar-refractivity contribution >= 4 is 17.6 Å². The maximum atomic E-state index is 14.4. The highest BCUT2D eigenvalue weighted by Gasteiger charge is 2.35. The van der Waals surface area contributed by atoms with Gasteiger partial charge >= 0.3 is 5.97 Å². The molecule has 1 aromatic heterocycles. The average molecular weight is 689 g/mol. The minimum atomic E-state index is -0.653. The summed E-state index contributed by atoms with van der Waals surface area (Å²) in [5.41, 5.74) is 6.28. The molecule has 0 aliphatic carbocycles. The molecular formula is C43H45FN2O5. The molecule has 2 heterocycles. The summed E-state index contributed by atoms with van der Waals surface area (Å²) in [6.45, 7) is 8.33. The molecule has 6 rings (SSSR count). The van der Waals surface area contributed by atoms with E-state index in [4.69, 9.17) is 14.2 Å². The molecule has 0 saturated carbocycles. The molecule has 4 aromatic carbocycles. The lowest BCUT2D eigenvalue weighted by atomic mass is 9.94. The number of carbonyl (C=O) groups is 2. The van der Waals surface area contributed by atoms with Crippen LogP contribution in [0.1, 0.15) is 80.8 Å². The van der Waals surface area contributed by atoms with Crippen LogP contribution >= 0.6 is 0 Å². The monoisotopic (exact) mass is 688 g/mol. The van der Waals surface area contributed by atoms with Crippen LogP contribution in [0.25, 0.3) is 22.4 Å². The molecule has 8 heteroatoms. The van der Waals surface area contributed by atoms with Gasteiger partial charge in [-0.3, -0.25) is 9.59 Å². The summed E-state index contributed by atoms with van der Waals surface area (Å²) in [6.07, 6.45) is -0.376. The molecule has 1 aliphatic rings. The molecule has 1 aliphatic heterocycles. The third-order valence-electron chi connectivity index (χ3n) is 8.96. The van der Waals surface area contributed by atoms with Crippen molar-refractivity contribution in [3.63, 3.8) is 0 Å². The summed E-state index contributed by atoms with van der Waals surface area (Å²) < 4.78 is 34.9. The van der Waals surface area contributed by atoms with Crippen LogP contribution in [0.3, 0.4) is 0 Å². The van der Waals surface area contributed by atoms with Crippen molar-refractivity contribution < 1.29 is 28.2 Å². The molecule has 0 bridgehead atoms.